The second kappa shape index (κ2) is 4.23. The molecule has 2 aromatic rings. The summed E-state index contributed by atoms with van der Waals surface area (Å²) in [4.78, 5) is 11.1. The fraction of sp³-hybridized carbons (Fsp3) is 0.333. The Morgan fingerprint density at radius 3 is 3.00 bits per heavy atom. The molecule has 0 amide bonds. The van der Waals surface area contributed by atoms with Crippen molar-refractivity contribution in [2.24, 2.45) is 0 Å². The summed E-state index contributed by atoms with van der Waals surface area (Å²) in [6.45, 7) is 1.74. The van der Waals surface area contributed by atoms with Gasteiger partial charge in [-0.3, -0.25) is 0 Å². The molecule has 0 aliphatic carbocycles. The number of fused-ring (bicyclic) bond motifs is 1. The summed E-state index contributed by atoms with van der Waals surface area (Å²) in [5, 5.41) is 1.05. The van der Waals surface area contributed by atoms with Gasteiger partial charge in [0.2, 0.25) is 5.95 Å². The lowest BCUT2D eigenvalue weighted by atomic mass is 10.2. The van der Waals surface area contributed by atoms with Crippen LogP contribution in [-0.4, -0.2) is 36.3 Å². The molecule has 5 heteroatoms. The number of halogens is 1. The molecule has 17 heavy (non-hydrogen) atoms. The molecule has 4 nitrogen and oxygen atoms in total. The summed E-state index contributed by atoms with van der Waals surface area (Å²) in [6.07, 6.45) is 2.18. The lowest BCUT2D eigenvalue weighted by Gasteiger charge is -2.38. The first-order valence-electron chi connectivity index (χ1n) is 5.47. The van der Waals surface area contributed by atoms with Crippen LogP contribution in [0.4, 0.5) is 5.95 Å². The van der Waals surface area contributed by atoms with Crippen molar-refractivity contribution in [1.82, 2.24) is 9.97 Å². The van der Waals surface area contributed by atoms with Gasteiger partial charge in [0.05, 0.1) is 11.6 Å². The van der Waals surface area contributed by atoms with Crippen molar-refractivity contribution in [3.05, 3.63) is 28.9 Å². The number of rotatable bonds is 2. The number of para-hydroxylation sites is 1. The van der Waals surface area contributed by atoms with Gasteiger partial charge in [0, 0.05) is 36.3 Å². The van der Waals surface area contributed by atoms with Crippen molar-refractivity contribution in [3.8, 4) is 0 Å². The molecule has 1 aliphatic heterocycles. The minimum absolute atomic E-state index is 0.313. The van der Waals surface area contributed by atoms with Crippen LogP contribution in [0.3, 0.4) is 0 Å². The molecule has 88 valence electrons. The SMILES string of the molecule is COC1CN(c2ncc3cccc(Br)c3n2)C1. The Morgan fingerprint density at radius 2 is 2.24 bits per heavy atom. The summed E-state index contributed by atoms with van der Waals surface area (Å²) in [7, 11) is 1.74. The van der Waals surface area contributed by atoms with Gasteiger partial charge in [0.1, 0.15) is 0 Å². The number of ether oxygens (including phenoxy) is 1. The first-order chi connectivity index (χ1) is 8.28. The first-order valence-corrected chi connectivity index (χ1v) is 6.26. The summed E-state index contributed by atoms with van der Waals surface area (Å²) in [5.74, 6) is 0.776. The van der Waals surface area contributed by atoms with E-state index in [-0.39, 0.29) is 0 Å². The maximum absolute atomic E-state index is 5.24. The Kier molecular flexibility index (Phi) is 2.72. The van der Waals surface area contributed by atoms with Crippen LogP contribution in [0.2, 0.25) is 0 Å². The molecule has 1 aromatic heterocycles. The highest BCUT2D eigenvalue weighted by Gasteiger charge is 2.28. The van der Waals surface area contributed by atoms with Gasteiger partial charge < -0.3 is 9.64 Å². The second-order valence-electron chi connectivity index (χ2n) is 4.11. The van der Waals surface area contributed by atoms with E-state index >= 15 is 0 Å². The Labute approximate surface area is 108 Å². The van der Waals surface area contributed by atoms with E-state index in [0.29, 0.717) is 6.10 Å². The highest BCUT2D eigenvalue weighted by Crippen LogP contribution is 2.25. The molecule has 0 N–H and O–H groups in total. The highest BCUT2D eigenvalue weighted by molar-refractivity contribution is 9.10. The van der Waals surface area contributed by atoms with Gasteiger partial charge in [-0.1, -0.05) is 12.1 Å². The van der Waals surface area contributed by atoms with E-state index in [1.807, 2.05) is 24.4 Å². The highest BCUT2D eigenvalue weighted by atomic mass is 79.9. The third-order valence-corrected chi connectivity index (χ3v) is 3.65. The topological polar surface area (TPSA) is 38.2 Å². The molecule has 2 heterocycles. The van der Waals surface area contributed by atoms with Gasteiger partial charge in [-0.05, 0) is 22.0 Å². The maximum atomic E-state index is 5.24. The second-order valence-corrected chi connectivity index (χ2v) is 4.96. The van der Waals surface area contributed by atoms with Gasteiger partial charge >= 0.3 is 0 Å². The summed E-state index contributed by atoms with van der Waals surface area (Å²) in [5.41, 5.74) is 0.957. The lowest BCUT2D eigenvalue weighted by Crippen LogP contribution is -2.52. The Morgan fingerprint density at radius 1 is 1.41 bits per heavy atom. The zero-order valence-electron chi connectivity index (χ0n) is 9.43. The van der Waals surface area contributed by atoms with Crippen molar-refractivity contribution in [2.75, 3.05) is 25.1 Å². The smallest absolute Gasteiger partial charge is 0.226 e. The predicted molar refractivity (Wildman–Crippen MR) is 70.2 cm³/mol. The Hall–Kier alpha value is -1.20. The normalized spacial score (nSPS) is 16.2. The predicted octanol–water partition coefficient (Wildman–Crippen LogP) is 2.23. The van der Waals surface area contributed by atoms with Crippen LogP contribution in [0.15, 0.2) is 28.9 Å². The number of aromatic nitrogens is 2. The molecule has 0 radical (unpaired) electrons. The number of anilines is 1. The van der Waals surface area contributed by atoms with Gasteiger partial charge in [-0.15, -0.1) is 0 Å². The van der Waals surface area contributed by atoms with Gasteiger partial charge in [0.15, 0.2) is 0 Å². The minimum Gasteiger partial charge on any atom is -0.378 e. The van der Waals surface area contributed by atoms with Crippen molar-refractivity contribution >= 4 is 32.8 Å². The first kappa shape index (κ1) is 10.9. The molecule has 1 saturated heterocycles. The number of hydrogen-bond acceptors (Lipinski definition) is 4. The Balaban J connectivity index is 1.94. The molecule has 1 fully saturated rings. The number of hydrogen-bond donors (Lipinski definition) is 0. The van der Waals surface area contributed by atoms with Crippen molar-refractivity contribution in [3.63, 3.8) is 0 Å². The average molecular weight is 294 g/mol. The van der Waals surface area contributed by atoms with Gasteiger partial charge in [0.25, 0.3) is 0 Å². The summed E-state index contributed by atoms with van der Waals surface area (Å²) in [6, 6.07) is 5.99. The molecule has 1 aliphatic rings. The number of benzene rings is 1. The fourth-order valence-electron chi connectivity index (χ4n) is 1.91. The quantitative estimate of drug-likeness (QED) is 0.851. The molecular formula is C12H12BrN3O. The summed E-state index contributed by atoms with van der Waals surface area (Å²) < 4.78 is 6.24. The van der Waals surface area contributed by atoms with Crippen LogP contribution in [0.25, 0.3) is 10.9 Å². The van der Waals surface area contributed by atoms with E-state index < -0.39 is 0 Å². The maximum Gasteiger partial charge on any atom is 0.226 e. The molecule has 0 saturated carbocycles. The third-order valence-electron chi connectivity index (χ3n) is 3.01. The van der Waals surface area contributed by atoms with Crippen molar-refractivity contribution in [2.45, 2.75) is 6.10 Å². The monoisotopic (exact) mass is 293 g/mol. The van der Waals surface area contributed by atoms with E-state index in [9.17, 15) is 0 Å². The van der Waals surface area contributed by atoms with Crippen LogP contribution < -0.4 is 4.90 Å². The third kappa shape index (κ3) is 1.89. The fourth-order valence-corrected chi connectivity index (χ4v) is 2.38. The van der Waals surface area contributed by atoms with Gasteiger partial charge in [-0.2, -0.15) is 0 Å². The zero-order valence-corrected chi connectivity index (χ0v) is 11.0. The van der Waals surface area contributed by atoms with Crippen LogP contribution in [0, 0.1) is 0 Å². The van der Waals surface area contributed by atoms with Crippen LogP contribution >= 0.6 is 15.9 Å². The van der Waals surface area contributed by atoms with Gasteiger partial charge in [-0.25, -0.2) is 9.97 Å². The van der Waals surface area contributed by atoms with E-state index in [1.54, 1.807) is 7.11 Å². The van der Waals surface area contributed by atoms with E-state index in [4.69, 9.17) is 4.74 Å². The molecule has 0 unspecified atom stereocenters. The zero-order chi connectivity index (χ0) is 11.8. The van der Waals surface area contributed by atoms with Crippen molar-refractivity contribution in [1.29, 1.82) is 0 Å². The average Bonchev–Trinajstić information content (AvgIpc) is 2.29. The molecule has 3 rings (SSSR count). The minimum atomic E-state index is 0.313. The standard InChI is InChI=1S/C12H12BrN3O/c1-17-9-6-16(7-9)12-14-5-8-3-2-4-10(13)11(8)15-12/h2-5,9H,6-7H2,1H3. The number of nitrogens with zero attached hydrogens (tertiary/aromatic N) is 3. The number of methoxy groups -OCH3 is 1. The van der Waals surface area contributed by atoms with E-state index in [0.717, 1.165) is 34.4 Å². The Bertz CT molecular complexity index is 554. The molecular weight excluding hydrogens is 282 g/mol. The molecule has 0 atom stereocenters. The summed E-state index contributed by atoms with van der Waals surface area (Å²) >= 11 is 3.51. The van der Waals surface area contributed by atoms with Crippen molar-refractivity contribution < 1.29 is 4.74 Å². The van der Waals surface area contributed by atoms with E-state index in [1.165, 1.54) is 0 Å². The largest absolute Gasteiger partial charge is 0.378 e. The van der Waals surface area contributed by atoms with E-state index in [2.05, 4.69) is 30.8 Å². The van der Waals surface area contributed by atoms with Crippen LogP contribution in [0.5, 0.6) is 0 Å². The molecule has 0 spiro atoms. The van der Waals surface area contributed by atoms with Crippen LogP contribution in [-0.2, 0) is 4.74 Å². The lowest BCUT2D eigenvalue weighted by molar-refractivity contribution is 0.0778. The molecule has 0 bridgehead atoms. The van der Waals surface area contributed by atoms with Crippen LogP contribution in [0.1, 0.15) is 0 Å². The molecule has 1 aromatic carbocycles.